The van der Waals surface area contributed by atoms with E-state index in [1.54, 1.807) is 0 Å². The van der Waals surface area contributed by atoms with Gasteiger partial charge in [0.15, 0.2) is 0 Å². The van der Waals surface area contributed by atoms with E-state index in [0.29, 0.717) is 24.9 Å². The maximum atomic E-state index is 11.6. The van der Waals surface area contributed by atoms with Gasteiger partial charge in [-0.2, -0.15) is 0 Å². The van der Waals surface area contributed by atoms with Crippen LogP contribution in [-0.2, 0) is 9.53 Å². The summed E-state index contributed by atoms with van der Waals surface area (Å²) in [6.07, 6.45) is 5.47. The van der Waals surface area contributed by atoms with Gasteiger partial charge >= 0.3 is 0 Å². The summed E-state index contributed by atoms with van der Waals surface area (Å²) >= 11 is 0. The molecule has 1 fully saturated rings. The van der Waals surface area contributed by atoms with Crippen LogP contribution in [0.5, 0.6) is 0 Å². The molecule has 0 bridgehead atoms. The van der Waals surface area contributed by atoms with E-state index in [1.807, 2.05) is 0 Å². The first-order chi connectivity index (χ1) is 7.47. The average molecular weight is 227 g/mol. The normalized spacial score (nSPS) is 21.3. The number of hydrogen-bond donors (Lipinski definition) is 1. The third kappa shape index (κ3) is 6.23. The Balaban J connectivity index is 2.01. The van der Waals surface area contributed by atoms with Crippen molar-refractivity contribution in [2.75, 3.05) is 13.2 Å². The third-order valence-electron chi connectivity index (χ3n) is 2.82. The third-order valence-corrected chi connectivity index (χ3v) is 2.82. The molecule has 1 rings (SSSR count). The first kappa shape index (κ1) is 13.7. The second kappa shape index (κ2) is 6.36. The molecule has 1 atom stereocenters. The van der Waals surface area contributed by atoms with Crippen molar-refractivity contribution < 1.29 is 9.53 Å². The first-order valence-electron chi connectivity index (χ1n) is 6.36. The van der Waals surface area contributed by atoms with Crippen LogP contribution in [0.15, 0.2) is 0 Å². The van der Waals surface area contributed by atoms with E-state index in [1.165, 1.54) is 12.8 Å². The molecule has 1 unspecified atom stereocenters. The summed E-state index contributed by atoms with van der Waals surface area (Å²) in [5.74, 6) is 0.313. The molecule has 0 aromatic carbocycles. The predicted octanol–water partition coefficient (Wildman–Crippen LogP) is 2.29. The zero-order chi connectivity index (χ0) is 12.0. The number of nitrogens with one attached hydrogen (secondary N) is 1. The predicted molar refractivity (Wildman–Crippen MR) is 65.6 cm³/mol. The van der Waals surface area contributed by atoms with Crippen molar-refractivity contribution in [3.8, 4) is 0 Å². The fourth-order valence-electron chi connectivity index (χ4n) is 1.85. The lowest BCUT2D eigenvalue weighted by Gasteiger charge is -2.19. The smallest absolute Gasteiger partial charge is 0.146 e. The fraction of sp³-hybridized carbons (Fsp3) is 0.923. The van der Waals surface area contributed by atoms with Gasteiger partial charge in [0, 0.05) is 18.6 Å². The molecule has 1 heterocycles. The minimum atomic E-state index is 0.0320. The van der Waals surface area contributed by atoms with Crippen LogP contribution in [0.2, 0.25) is 0 Å². The highest BCUT2D eigenvalue weighted by Crippen LogP contribution is 2.17. The van der Waals surface area contributed by atoms with Crippen LogP contribution in [-0.4, -0.2) is 30.6 Å². The van der Waals surface area contributed by atoms with Crippen molar-refractivity contribution in [1.29, 1.82) is 0 Å². The van der Waals surface area contributed by atoms with E-state index in [-0.39, 0.29) is 5.54 Å². The highest BCUT2D eigenvalue weighted by Gasteiger charge is 2.16. The molecule has 0 spiro atoms. The Morgan fingerprint density at radius 2 is 2.19 bits per heavy atom. The molecule has 0 aromatic heterocycles. The van der Waals surface area contributed by atoms with Crippen molar-refractivity contribution in [3.05, 3.63) is 0 Å². The Bertz CT molecular complexity index is 214. The van der Waals surface area contributed by atoms with Gasteiger partial charge in [-0.15, -0.1) is 0 Å². The van der Waals surface area contributed by atoms with Crippen LogP contribution < -0.4 is 5.32 Å². The molecule has 3 nitrogen and oxygen atoms in total. The summed E-state index contributed by atoms with van der Waals surface area (Å²) in [6, 6.07) is 0. The molecule has 1 aliphatic rings. The highest BCUT2D eigenvalue weighted by molar-refractivity contribution is 5.80. The van der Waals surface area contributed by atoms with Gasteiger partial charge in [-0.1, -0.05) is 0 Å². The van der Waals surface area contributed by atoms with Gasteiger partial charge < -0.3 is 10.1 Å². The number of hydrogen-bond acceptors (Lipinski definition) is 3. The molecule has 0 aromatic rings. The van der Waals surface area contributed by atoms with E-state index in [9.17, 15) is 4.79 Å². The van der Waals surface area contributed by atoms with Crippen molar-refractivity contribution in [1.82, 2.24) is 5.32 Å². The number of ether oxygens (including phenoxy) is 1. The lowest BCUT2D eigenvalue weighted by Crippen LogP contribution is -2.39. The second-order valence-corrected chi connectivity index (χ2v) is 5.67. The molecule has 1 aliphatic heterocycles. The lowest BCUT2D eigenvalue weighted by atomic mass is 10.1. The molecule has 16 heavy (non-hydrogen) atoms. The van der Waals surface area contributed by atoms with Crippen LogP contribution in [0.25, 0.3) is 0 Å². The van der Waals surface area contributed by atoms with Gasteiger partial charge in [0.2, 0.25) is 0 Å². The minimum Gasteiger partial charge on any atom is -0.378 e. The van der Waals surface area contributed by atoms with E-state index >= 15 is 0 Å². The van der Waals surface area contributed by atoms with Gasteiger partial charge in [0.1, 0.15) is 5.78 Å². The summed E-state index contributed by atoms with van der Waals surface area (Å²) in [5, 5.41) is 3.22. The largest absolute Gasteiger partial charge is 0.378 e. The van der Waals surface area contributed by atoms with Crippen LogP contribution >= 0.6 is 0 Å². The van der Waals surface area contributed by atoms with Crippen LogP contribution in [0.3, 0.4) is 0 Å². The first-order valence-corrected chi connectivity index (χ1v) is 6.36. The summed E-state index contributed by atoms with van der Waals surface area (Å²) in [7, 11) is 0. The Morgan fingerprint density at radius 1 is 1.44 bits per heavy atom. The Labute approximate surface area is 98.9 Å². The molecule has 0 saturated carbocycles. The van der Waals surface area contributed by atoms with E-state index < -0.39 is 0 Å². The number of Topliss-reactive ketones (excluding diaryl/α,β-unsaturated/α-hetero) is 1. The van der Waals surface area contributed by atoms with Crippen LogP contribution in [0.4, 0.5) is 0 Å². The molecule has 3 heteroatoms. The number of rotatable bonds is 6. The Hall–Kier alpha value is -0.410. The molecular formula is C13H25NO2. The Kier molecular flexibility index (Phi) is 5.42. The van der Waals surface area contributed by atoms with Crippen molar-refractivity contribution in [2.24, 2.45) is 0 Å². The lowest BCUT2D eigenvalue weighted by molar-refractivity contribution is -0.118. The van der Waals surface area contributed by atoms with E-state index in [4.69, 9.17) is 4.74 Å². The van der Waals surface area contributed by atoms with Crippen LogP contribution in [0.1, 0.15) is 52.9 Å². The summed E-state index contributed by atoms with van der Waals surface area (Å²) < 4.78 is 5.52. The number of carbonyl (C=O) groups is 1. The maximum absolute atomic E-state index is 11.6. The van der Waals surface area contributed by atoms with Gasteiger partial charge in [0.05, 0.1) is 12.6 Å². The molecular weight excluding hydrogens is 202 g/mol. The fourth-order valence-corrected chi connectivity index (χ4v) is 1.85. The minimum absolute atomic E-state index is 0.0320. The molecule has 0 radical (unpaired) electrons. The summed E-state index contributed by atoms with van der Waals surface area (Å²) in [5.41, 5.74) is 0.0320. The van der Waals surface area contributed by atoms with Gasteiger partial charge in [-0.05, 0) is 46.5 Å². The average Bonchev–Trinajstić information content (AvgIpc) is 2.66. The molecule has 1 N–H and O–H groups in total. The maximum Gasteiger partial charge on any atom is 0.146 e. The van der Waals surface area contributed by atoms with Gasteiger partial charge in [-0.25, -0.2) is 0 Å². The zero-order valence-corrected chi connectivity index (χ0v) is 10.8. The van der Waals surface area contributed by atoms with Crippen molar-refractivity contribution in [3.63, 3.8) is 0 Å². The van der Waals surface area contributed by atoms with Crippen LogP contribution in [0, 0.1) is 0 Å². The SMILES string of the molecule is CC(C)(C)NCC(=O)CCCC1CCCO1. The molecule has 94 valence electrons. The molecule has 1 saturated heterocycles. The van der Waals surface area contributed by atoms with Gasteiger partial charge in [0.25, 0.3) is 0 Å². The standard InChI is InChI=1S/C13H25NO2/c1-13(2,3)14-10-11(15)6-4-7-12-8-5-9-16-12/h12,14H,4-10H2,1-3H3. The highest BCUT2D eigenvalue weighted by atomic mass is 16.5. The molecule has 0 amide bonds. The number of ketones is 1. The second-order valence-electron chi connectivity index (χ2n) is 5.67. The molecule has 0 aliphatic carbocycles. The summed E-state index contributed by atoms with van der Waals surface area (Å²) in [6.45, 7) is 7.63. The van der Waals surface area contributed by atoms with Crippen molar-refractivity contribution in [2.45, 2.75) is 64.5 Å². The topological polar surface area (TPSA) is 38.3 Å². The summed E-state index contributed by atoms with van der Waals surface area (Å²) in [4.78, 5) is 11.6. The van der Waals surface area contributed by atoms with Crippen molar-refractivity contribution >= 4 is 5.78 Å². The monoisotopic (exact) mass is 227 g/mol. The van der Waals surface area contributed by atoms with E-state index in [0.717, 1.165) is 19.4 Å². The zero-order valence-electron chi connectivity index (χ0n) is 10.8. The quantitative estimate of drug-likeness (QED) is 0.756. The van der Waals surface area contributed by atoms with E-state index in [2.05, 4.69) is 26.1 Å². The van der Waals surface area contributed by atoms with Gasteiger partial charge in [-0.3, -0.25) is 4.79 Å². The number of carbonyl (C=O) groups excluding carboxylic acids is 1. The Morgan fingerprint density at radius 3 is 2.75 bits per heavy atom.